The number of aliphatic imine (C=N–C) groups is 1. The molecule has 0 bridgehead atoms. The Labute approximate surface area is 51.1 Å². The van der Waals surface area contributed by atoms with Crippen LogP contribution < -0.4 is 0 Å². The van der Waals surface area contributed by atoms with E-state index in [1.165, 1.54) is 0 Å². The van der Waals surface area contributed by atoms with Crippen LogP contribution in [-0.2, 0) is 0 Å². The maximum Gasteiger partial charge on any atom is 0.0223 e. The molecule has 0 saturated carbocycles. The predicted octanol–water partition coefficient (Wildman–Crippen LogP) is 2.39. The molecule has 46 valence electrons. The number of hydrogen-bond acceptors (Lipinski definition) is 1. The van der Waals surface area contributed by atoms with E-state index >= 15 is 0 Å². The molecule has 0 radical (unpaired) electrons. The molecule has 0 amide bonds. The largest absolute Gasteiger partial charge is 0.269 e. The number of nitrogens with zero attached hydrogens (tertiary/aromatic N) is 1. The standard InChI is InChI=1S/C7H13N/c1-3-5-7-8-6-4-2/h5-7H,3-4H2,1-2H3/b7-5+,8-6?. The van der Waals surface area contributed by atoms with Gasteiger partial charge in [-0.3, -0.25) is 4.99 Å². The van der Waals surface area contributed by atoms with Crippen molar-refractivity contribution in [1.29, 1.82) is 0 Å². The summed E-state index contributed by atoms with van der Waals surface area (Å²) >= 11 is 0. The molecule has 0 unspecified atom stereocenters. The molecule has 0 rings (SSSR count). The Morgan fingerprint density at radius 3 is 2.50 bits per heavy atom. The van der Waals surface area contributed by atoms with Crippen LogP contribution >= 0.6 is 0 Å². The molecule has 0 aliphatic rings. The summed E-state index contributed by atoms with van der Waals surface area (Å²) in [4.78, 5) is 3.97. The van der Waals surface area contributed by atoms with Crippen LogP contribution in [-0.4, -0.2) is 6.21 Å². The monoisotopic (exact) mass is 111 g/mol. The van der Waals surface area contributed by atoms with E-state index in [-0.39, 0.29) is 0 Å². The van der Waals surface area contributed by atoms with E-state index in [1.54, 1.807) is 0 Å². The highest BCUT2D eigenvalue weighted by atomic mass is 14.7. The Morgan fingerprint density at radius 2 is 2.00 bits per heavy atom. The van der Waals surface area contributed by atoms with Crippen molar-refractivity contribution in [3.8, 4) is 0 Å². The minimum atomic E-state index is 1.02. The van der Waals surface area contributed by atoms with E-state index < -0.39 is 0 Å². The summed E-state index contributed by atoms with van der Waals surface area (Å²) < 4.78 is 0. The fourth-order valence-corrected chi connectivity index (χ4v) is 0.333. The van der Waals surface area contributed by atoms with Crippen LogP contribution in [0.5, 0.6) is 0 Å². The summed E-state index contributed by atoms with van der Waals surface area (Å²) in [6.07, 6.45) is 7.86. The van der Waals surface area contributed by atoms with Gasteiger partial charge in [-0.25, -0.2) is 0 Å². The van der Waals surface area contributed by atoms with Crippen molar-refractivity contribution in [2.75, 3.05) is 0 Å². The van der Waals surface area contributed by atoms with Crippen LogP contribution in [0.1, 0.15) is 26.7 Å². The first-order valence-electron chi connectivity index (χ1n) is 3.08. The van der Waals surface area contributed by atoms with Crippen molar-refractivity contribution in [1.82, 2.24) is 0 Å². The van der Waals surface area contributed by atoms with Gasteiger partial charge < -0.3 is 0 Å². The molecule has 0 atom stereocenters. The lowest BCUT2D eigenvalue weighted by Crippen LogP contribution is -1.62. The van der Waals surface area contributed by atoms with Crippen LogP contribution in [0.3, 0.4) is 0 Å². The van der Waals surface area contributed by atoms with E-state index in [4.69, 9.17) is 0 Å². The Balaban J connectivity index is 3.13. The van der Waals surface area contributed by atoms with Crippen LogP contribution in [0.25, 0.3) is 0 Å². The first-order chi connectivity index (χ1) is 3.91. The molecule has 0 aliphatic carbocycles. The summed E-state index contributed by atoms with van der Waals surface area (Å²) in [5.74, 6) is 0. The number of hydrogen-bond donors (Lipinski definition) is 0. The van der Waals surface area contributed by atoms with E-state index in [9.17, 15) is 0 Å². The van der Waals surface area contributed by atoms with Gasteiger partial charge in [0, 0.05) is 12.4 Å². The number of rotatable bonds is 3. The quantitative estimate of drug-likeness (QED) is 0.496. The van der Waals surface area contributed by atoms with Crippen molar-refractivity contribution in [2.24, 2.45) is 4.99 Å². The average Bonchev–Trinajstić information content (AvgIpc) is 1.81. The first kappa shape index (κ1) is 7.41. The lowest BCUT2D eigenvalue weighted by atomic mass is 10.5. The topological polar surface area (TPSA) is 12.4 Å². The Kier molecular flexibility index (Phi) is 5.94. The van der Waals surface area contributed by atoms with Crippen molar-refractivity contribution in [3.63, 3.8) is 0 Å². The van der Waals surface area contributed by atoms with Gasteiger partial charge >= 0.3 is 0 Å². The SMILES string of the molecule is CCC=N/C=C/CC. The molecule has 1 nitrogen and oxygen atoms in total. The van der Waals surface area contributed by atoms with E-state index in [1.807, 2.05) is 18.5 Å². The third kappa shape index (κ3) is 5.41. The zero-order chi connectivity index (χ0) is 6.24. The van der Waals surface area contributed by atoms with Gasteiger partial charge in [0.05, 0.1) is 0 Å². The lowest BCUT2D eigenvalue weighted by molar-refractivity contribution is 1.21. The highest BCUT2D eigenvalue weighted by Gasteiger charge is 1.62. The van der Waals surface area contributed by atoms with Crippen LogP contribution in [0.15, 0.2) is 17.3 Å². The molecule has 8 heavy (non-hydrogen) atoms. The van der Waals surface area contributed by atoms with E-state index in [2.05, 4.69) is 18.8 Å². The normalized spacial score (nSPS) is 11.8. The van der Waals surface area contributed by atoms with Gasteiger partial charge in [-0.2, -0.15) is 0 Å². The van der Waals surface area contributed by atoms with Crippen molar-refractivity contribution < 1.29 is 0 Å². The molecule has 0 saturated heterocycles. The van der Waals surface area contributed by atoms with Crippen LogP contribution in [0.4, 0.5) is 0 Å². The molecule has 1 heteroatoms. The van der Waals surface area contributed by atoms with Crippen molar-refractivity contribution in [2.45, 2.75) is 26.7 Å². The van der Waals surface area contributed by atoms with Crippen LogP contribution in [0, 0.1) is 0 Å². The van der Waals surface area contributed by atoms with Crippen LogP contribution in [0.2, 0.25) is 0 Å². The minimum Gasteiger partial charge on any atom is -0.269 e. The molecule has 0 spiro atoms. The Morgan fingerprint density at radius 1 is 1.25 bits per heavy atom. The summed E-state index contributed by atoms with van der Waals surface area (Å²) in [7, 11) is 0. The van der Waals surface area contributed by atoms with Gasteiger partial charge in [0.1, 0.15) is 0 Å². The second-order valence-electron chi connectivity index (χ2n) is 1.53. The highest BCUT2D eigenvalue weighted by molar-refractivity contribution is 5.57. The molecule has 0 N–H and O–H groups in total. The third-order valence-corrected chi connectivity index (χ3v) is 0.715. The molecule has 0 aliphatic heterocycles. The second kappa shape index (κ2) is 6.41. The predicted molar refractivity (Wildman–Crippen MR) is 38.2 cm³/mol. The molecule has 0 aromatic carbocycles. The molecular weight excluding hydrogens is 98.1 g/mol. The smallest absolute Gasteiger partial charge is 0.0223 e. The summed E-state index contributed by atoms with van der Waals surface area (Å²) in [5.41, 5.74) is 0. The third-order valence-electron chi connectivity index (χ3n) is 0.715. The molecule has 0 aromatic heterocycles. The Bertz CT molecular complexity index is 70.4. The fraction of sp³-hybridized carbons (Fsp3) is 0.571. The maximum absolute atomic E-state index is 3.97. The lowest BCUT2D eigenvalue weighted by Gasteiger charge is -1.74. The zero-order valence-electron chi connectivity index (χ0n) is 5.59. The van der Waals surface area contributed by atoms with Gasteiger partial charge in [-0.05, 0) is 12.8 Å². The van der Waals surface area contributed by atoms with E-state index in [0.717, 1.165) is 12.8 Å². The number of allylic oxidation sites excluding steroid dienone is 1. The zero-order valence-corrected chi connectivity index (χ0v) is 5.59. The molecule has 0 aromatic rings. The molecule has 0 fully saturated rings. The van der Waals surface area contributed by atoms with Crippen molar-refractivity contribution in [3.05, 3.63) is 12.3 Å². The van der Waals surface area contributed by atoms with Gasteiger partial charge in [-0.15, -0.1) is 0 Å². The summed E-state index contributed by atoms with van der Waals surface area (Å²) in [6, 6.07) is 0. The van der Waals surface area contributed by atoms with Gasteiger partial charge in [0.15, 0.2) is 0 Å². The summed E-state index contributed by atoms with van der Waals surface area (Å²) in [5, 5.41) is 0. The van der Waals surface area contributed by atoms with E-state index in [0.29, 0.717) is 0 Å². The second-order valence-corrected chi connectivity index (χ2v) is 1.53. The van der Waals surface area contributed by atoms with Gasteiger partial charge in [0.25, 0.3) is 0 Å². The highest BCUT2D eigenvalue weighted by Crippen LogP contribution is 1.79. The summed E-state index contributed by atoms with van der Waals surface area (Å²) in [6.45, 7) is 4.17. The minimum absolute atomic E-state index is 1.02. The fourth-order valence-electron chi connectivity index (χ4n) is 0.333. The van der Waals surface area contributed by atoms with Crippen molar-refractivity contribution >= 4 is 6.21 Å². The Hall–Kier alpha value is -0.590. The average molecular weight is 111 g/mol. The molecular formula is C7H13N. The van der Waals surface area contributed by atoms with Gasteiger partial charge in [-0.1, -0.05) is 19.9 Å². The molecule has 0 heterocycles. The first-order valence-corrected chi connectivity index (χ1v) is 3.08. The van der Waals surface area contributed by atoms with Gasteiger partial charge in [0.2, 0.25) is 0 Å². The maximum atomic E-state index is 3.97.